The minimum absolute atomic E-state index is 0.0756. The first-order valence-electron chi connectivity index (χ1n) is 3.11. The number of rotatable bonds is 3. The van der Waals surface area contributed by atoms with Gasteiger partial charge in [0.1, 0.15) is 12.2 Å². The van der Waals surface area contributed by atoms with Gasteiger partial charge in [-0.25, -0.2) is 4.98 Å². The van der Waals surface area contributed by atoms with Gasteiger partial charge in [0, 0.05) is 6.20 Å². The lowest BCUT2D eigenvalue weighted by Crippen LogP contribution is -2.01. The van der Waals surface area contributed by atoms with Gasteiger partial charge in [0.15, 0.2) is 0 Å². The van der Waals surface area contributed by atoms with Crippen LogP contribution in [0.2, 0.25) is 0 Å². The molecule has 0 amide bonds. The van der Waals surface area contributed by atoms with Crippen LogP contribution in [0.5, 0.6) is 0 Å². The molecule has 0 aliphatic rings. The van der Waals surface area contributed by atoms with Gasteiger partial charge in [-0.05, 0) is 6.08 Å². The summed E-state index contributed by atoms with van der Waals surface area (Å²) in [4.78, 5) is 16.8. The number of carboxylic acids is 1. The number of aliphatic carboxylic acids is 1. The maximum Gasteiger partial charge on any atom is 0.311 e. The predicted molar refractivity (Wildman–Crippen MR) is 40.0 cm³/mol. The summed E-state index contributed by atoms with van der Waals surface area (Å²) in [6.07, 6.45) is 3.10. The molecule has 11 heavy (non-hydrogen) atoms. The van der Waals surface area contributed by atoms with Crippen molar-refractivity contribution >= 4 is 12.0 Å². The number of carboxylic acid groups (broad SMARTS) is 1. The highest BCUT2D eigenvalue weighted by Gasteiger charge is 2.02. The number of aromatic nitrogens is 2. The second-order valence-corrected chi connectivity index (χ2v) is 2.05. The SMILES string of the molecule is C=Cc1c[nH]c(CC(=O)O)n1. The van der Waals surface area contributed by atoms with Crippen molar-refractivity contribution in [1.29, 1.82) is 0 Å². The second kappa shape index (κ2) is 3.01. The summed E-state index contributed by atoms with van der Waals surface area (Å²) >= 11 is 0. The lowest BCUT2D eigenvalue weighted by Gasteiger charge is -1.86. The molecule has 58 valence electrons. The Hall–Kier alpha value is -1.58. The van der Waals surface area contributed by atoms with Crippen LogP contribution in [0, 0.1) is 0 Å². The fourth-order valence-corrected chi connectivity index (χ4v) is 0.716. The van der Waals surface area contributed by atoms with Crippen LogP contribution >= 0.6 is 0 Å². The van der Waals surface area contributed by atoms with Gasteiger partial charge in [-0.15, -0.1) is 0 Å². The zero-order chi connectivity index (χ0) is 8.27. The molecule has 0 aliphatic heterocycles. The fraction of sp³-hybridized carbons (Fsp3) is 0.143. The smallest absolute Gasteiger partial charge is 0.311 e. The first kappa shape index (κ1) is 7.53. The van der Waals surface area contributed by atoms with E-state index in [2.05, 4.69) is 16.5 Å². The monoisotopic (exact) mass is 152 g/mol. The molecule has 1 heterocycles. The highest BCUT2D eigenvalue weighted by atomic mass is 16.4. The molecule has 0 saturated heterocycles. The fourth-order valence-electron chi connectivity index (χ4n) is 0.716. The second-order valence-electron chi connectivity index (χ2n) is 2.05. The largest absolute Gasteiger partial charge is 0.481 e. The summed E-state index contributed by atoms with van der Waals surface area (Å²) in [7, 11) is 0. The Morgan fingerprint density at radius 3 is 3.09 bits per heavy atom. The highest BCUT2D eigenvalue weighted by Crippen LogP contribution is 1.98. The summed E-state index contributed by atoms with van der Waals surface area (Å²) < 4.78 is 0. The number of H-pyrrole nitrogens is 1. The van der Waals surface area contributed by atoms with Crippen LogP contribution in [0.15, 0.2) is 12.8 Å². The van der Waals surface area contributed by atoms with Crippen LogP contribution in [0.4, 0.5) is 0 Å². The van der Waals surface area contributed by atoms with Gasteiger partial charge in [-0.3, -0.25) is 4.79 Å². The number of carbonyl (C=O) groups is 1. The van der Waals surface area contributed by atoms with Crippen LogP contribution < -0.4 is 0 Å². The van der Waals surface area contributed by atoms with Gasteiger partial charge in [0.25, 0.3) is 0 Å². The van der Waals surface area contributed by atoms with E-state index in [1.807, 2.05) is 0 Å². The van der Waals surface area contributed by atoms with E-state index in [9.17, 15) is 4.79 Å². The molecule has 1 aromatic rings. The predicted octanol–water partition coefficient (Wildman–Crippen LogP) is 0.680. The third-order valence-electron chi connectivity index (χ3n) is 1.18. The first-order valence-corrected chi connectivity index (χ1v) is 3.11. The normalized spacial score (nSPS) is 9.45. The summed E-state index contributed by atoms with van der Waals surface area (Å²) in [5.74, 6) is -0.442. The first-order chi connectivity index (χ1) is 5.22. The van der Waals surface area contributed by atoms with Gasteiger partial charge >= 0.3 is 5.97 Å². The Balaban J connectivity index is 2.72. The molecule has 0 aromatic carbocycles. The number of hydrogen-bond donors (Lipinski definition) is 2. The standard InChI is InChI=1S/C7H8N2O2/c1-2-5-4-8-6(9-5)3-7(10)11/h2,4H,1,3H2,(H,8,9)(H,10,11). The van der Waals surface area contributed by atoms with Crippen LogP contribution in [-0.2, 0) is 11.2 Å². The molecular formula is C7H8N2O2. The van der Waals surface area contributed by atoms with Crippen molar-refractivity contribution in [2.24, 2.45) is 0 Å². The van der Waals surface area contributed by atoms with Crippen LogP contribution in [-0.4, -0.2) is 21.0 Å². The van der Waals surface area contributed by atoms with Crippen molar-refractivity contribution in [2.45, 2.75) is 6.42 Å². The molecule has 1 rings (SSSR count). The Kier molecular flexibility index (Phi) is 2.06. The topological polar surface area (TPSA) is 66.0 Å². The van der Waals surface area contributed by atoms with E-state index in [-0.39, 0.29) is 6.42 Å². The number of nitrogens with one attached hydrogen (secondary N) is 1. The van der Waals surface area contributed by atoms with Gasteiger partial charge in [0.2, 0.25) is 0 Å². The number of imidazole rings is 1. The van der Waals surface area contributed by atoms with Crippen molar-refractivity contribution in [3.63, 3.8) is 0 Å². The molecule has 0 fully saturated rings. The summed E-state index contributed by atoms with van der Waals surface area (Å²) in [5, 5.41) is 8.36. The minimum atomic E-state index is -0.894. The zero-order valence-corrected chi connectivity index (χ0v) is 5.87. The molecule has 4 nitrogen and oxygen atoms in total. The summed E-state index contributed by atoms with van der Waals surface area (Å²) in [6, 6.07) is 0. The Morgan fingerprint density at radius 1 is 1.91 bits per heavy atom. The van der Waals surface area contributed by atoms with Gasteiger partial charge in [-0.2, -0.15) is 0 Å². The van der Waals surface area contributed by atoms with Crippen molar-refractivity contribution in [3.8, 4) is 0 Å². The zero-order valence-electron chi connectivity index (χ0n) is 5.87. The molecule has 0 bridgehead atoms. The van der Waals surface area contributed by atoms with E-state index in [0.717, 1.165) is 0 Å². The Morgan fingerprint density at radius 2 is 2.64 bits per heavy atom. The van der Waals surface area contributed by atoms with Crippen LogP contribution in [0.3, 0.4) is 0 Å². The van der Waals surface area contributed by atoms with Crippen LogP contribution in [0.25, 0.3) is 6.08 Å². The third-order valence-corrected chi connectivity index (χ3v) is 1.18. The molecule has 0 radical (unpaired) electrons. The minimum Gasteiger partial charge on any atom is -0.481 e. The molecule has 4 heteroatoms. The molecule has 0 saturated carbocycles. The van der Waals surface area contributed by atoms with E-state index >= 15 is 0 Å². The van der Waals surface area contributed by atoms with E-state index in [1.165, 1.54) is 0 Å². The molecule has 0 atom stereocenters. The number of nitrogens with zero attached hydrogens (tertiary/aromatic N) is 1. The molecule has 2 N–H and O–H groups in total. The van der Waals surface area contributed by atoms with E-state index in [1.54, 1.807) is 12.3 Å². The summed E-state index contributed by atoms with van der Waals surface area (Å²) in [5.41, 5.74) is 0.668. The van der Waals surface area contributed by atoms with E-state index < -0.39 is 5.97 Å². The molecular weight excluding hydrogens is 144 g/mol. The van der Waals surface area contributed by atoms with Crippen LogP contribution in [0.1, 0.15) is 11.5 Å². The van der Waals surface area contributed by atoms with E-state index in [0.29, 0.717) is 11.5 Å². The Labute approximate surface area is 63.6 Å². The lowest BCUT2D eigenvalue weighted by molar-refractivity contribution is -0.136. The van der Waals surface area contributed by atoms with Crippen molar-refractivity contribution < 1.29 is 9.90 Å². The highest BCUT2D eigenvalue weighted by molar-refractivity contribution is 5.69. The van der Waals surface area contributed by atoms with Crippen molar-refractivity contribution in [1.82, 2.24) is 9.97 Å². The average Bonchev–Trinajstić information content (AvgIpc) is 2.34. The number of aromatic amines is 1. The third kappa shape index (κ3) is 1.93. The molecule has 0 spiro atoms. The quantitative estimate of drug-likeness (QED) is 0.669. The van der Waals surface area contributed by atoms with Gasteiger partial charge in [0.05, 0.1) is 5.69 Å². The summed E-state index contributed by atoms with van der Waals surface area (Å²) in [6.45, 7) is 3.49. The molecule has 1 aromatic heterocycles. The lowest BCUT2D eigenvalue weighted by atomic mass is 10.4. The van der Waals surface area contributed by atoms with Crippen molar-refractivity contribution in [2.75, 3.05) is 0 Å². The van der Waals surface area contributed by atoms with Gasteiger partial charge in [-0.1, -0.05) is 6.58 Å². The number of hydrogen-bond acceptors (Lipinski definition) is 2. The van der Waals surface area contributed by atoms with E-state index in [4.69, 9.17) is 5.11 Å². The molecule has 0 unspecified atom stereocenters. The molecule has 0 aliphatic carbocycles. The maximum absolute atomic E-state index is 10.2. The van der Waals surface area contributed by atoms with Crippen molar-refractivity contribution in [3.05, 3.63) is 24.3 Å². The maximum atomic E-state index is 10.2. The average molecular weight is 152 g/mol. The Bertz CT molecular complexity index is 278. The van der Waals surface area contributed by atoms with Gasteiger partial charge < -0.3 is 10.1 Å².